The minimum Gasteiger partial charge on any atom is -0.480 e. The molecule has 0 radical (unpaired) electrons. The molecular weight excluding hydrogens is 262 g/mol. The first-order valence-electron chi connectivity index (χ1n) is 5.94. The summed E-state index contributed by atoms with van der Waals surface area (Å²) in [5, 5.41) is 16.0. The average Bonchev–Trinajstić information content (AvgIpc) is 2.85. The predicted octanol–water partition coefficient (Wildman–Crippen LogP) is 2.85. The van der Waals surface area contributed by atoms with E-state index >= 15 is 0 Å². The number of hydrogen-bond donors (Lipinski definition) is 2. The molecule has 0 aliphatic rings. The number of nitrogens with zero attached hydrogens (tertiary/aromatic N) is 2. The fraction of sp³-hybridized carbons (Fsp3) is 0.308. The standard InChI is InChI=1S/C13H15N3O2S/c1-8(2)11-14-13(16-15-11)19-10(12(17)18)9-6-4-3-5-7-9/h3-8,10H,1-2H3,(H,17,18)(H,14,15,16). The van der Waals surface area contributed by atoms with Gasteiger partial charge in [-0.15, -0.1) is 5.10 Å². The van der Waals surface area contributed by atoms with Gasteiger partial charge in [0.1, 0.15) is 11.1 Å². The van der Waals surface area contributed by atoms with E-state index in [2.05, 4.69) is 15.2 Å². The van der Waals surface area contributed by atoms with Gasteiger partial charge in [0, 0.05) is 5.92 Å². The maximum atomic E-state index is 11.4. The monoisotopic (exact) mass is 277 g/mol. The Morgan fingerprint density at radius 2 is 2.00 bits per heavy atom. The van der Waals surface area contributed by atoms with Crippen LogP contribution in [0.3, 0.4) is 0 Å². The van der Waals surface area contributed by atoms with E-state index in [0.29, 0.717) is 5.16 Å². The van der Waals surface area contributed by atoms with E-state index in [0.717, 1.165) is 23.1 Å². The molecule has 19 heavy (non-hydrogen) atoms. The van der Waals surface area contributed by atoms with E-state index in [9.17, 15) is 9.90 Å². The lowest BCUT2D eigenvalue weighted by Crippen LogP contribution is -2.08. The number of rotatable bonds is 5. The van der Waals surface area contributed by atoms with Gasteiger partial charge in [-0.1, -0.05) is 55.9 Å². The molecule has 0 fully saturated rings. The molecule has 0 aliphatic carbocycles. The van der Waals surface area contributed by atoms with Gasteiger partial charge >= 0.3 is 5.97 Å². The number of hydrogen-bond acceptors (Lipinski definition) is 4. The third kappa shape index (κ3) is 3.35. The molecule has 0 saturated carbocycles. The fourth-order valence-corrected chi connectivity index (χ4v) is 2.42. The van der Waals surface area contributed by atoms with Gasteiger partial charge in [0.05, 0.1) is 0 Å². The summed E-state index contributed by atoms with van der Waals surface area (Å²) < 4.78 is 0. The molecule has 1 aromatic carbocycles. The molecule has 1 heterocycles. The number of carbonyl (C=O) groups is 1. The zero-order valence-corrected chi connectivity index (χ0v) is 11.5. The number of nitrogens with one attached hydrogen (secondary N) is 1. The van der Waals surface area contributed by atoms with Crippen molar-refractivity contribution in [2.45, 2.75) is 30.2 Å². The van der Waals surface area contributed by atoms with Crippen LogP contribution in [0, 0.1) is 0 Å². The zero-order valence-electron chi connectivity index (χ0n) is 10.7. The molecule has 2 N–H and O–H groups in total. The van der Waals surface area contributed by atoms with Crippen LogP contribution >= 0.6 is 11.8 Å². The summed E-state index contributed by atoms with van der Waals surface area (Å²) in [6.07, 6.45) is 0. The number of thioether (sulfide) groups is 1. The van der Waals surface area contributed by atoms with Crippen molar-refractivity contribution in [2.24, 2.45) is 0 Å². The van der Waals surface area contributed by atoms with Gasteiger partial charge in [0.25, 0.3) is 0 Å². The predicted molar refractivity (Wildman–Crippen MR) is 73.1 cm³/mol. The van der Waals surface area contributed by atoms with Gasteiger partial charge in [-0.05, 0) is 5.56 Å². The van der Waals surface area contributed by atoms with Crippen molar-refractivity contribution >= 4 is 17.7 Å². The summed E-state index contributed by atoms with van der Waals surface area (Å²) in [6, 6.07) is 9.09. The van der Waals surface area contributed by atoms with Crippen LogP contribution in [0.25, 0.3) is 0 Å². The summed E-state index contributed by atoms with van der Waals surface area (Å²) in [7, 11) is 0. The summed E-state index contributed by atoms with van der Waals surface area (Å²) in [6.45, 7) is 4.00. The second-order valence-electron chi connectivity index (χ2n) is 4.40. The van der Waals surface area contributed by atoms with E-state index in [1.807, 2.05) is 32.0 Å². The first kappa shape index (κ1) is 13.6. The van der Waals surface area contributed by atoms with Crippen molar-refractivity contribution < 1.29 is 9.90 Å². The maximum Gasteiger partial charge on any atom is 0.321 e. The third-order valence-corrected chi connectivity index (χ3v) is 3.68. The maximum absolute atomic E-state index is 11.4. The lowest BCUT2D eigenvalue weighted by Gasteiger charge is -2.09. The lowest BCUT2D eigenvalue weighted by molar-refractivity contribution is -0.136. The average molecular weight is 277 g/mol. The first-order valence-corrected chi connectivity index (χ1v) is 6.82. The highest BCUT2D eigenvalue weighted by Crippen LogP contribution is 2.33. The van der Waals surface area contributed by atoms with Gasteiger partial charge in [-0.3, -0.25) is 9.89 Å². The molecule has 1 aromatic heterocycles. The molecule has 5 nitrogen and oxygen atoms in total. The second-order valence-corrected chi connectivity index (χ2v) is 5.48. The van der Waals surface area contributed by atoms with Gasteiger partial charge in [0.2, 0.25) is 5.16 Å². The lowest BCUT2D eigenvalue weighted by atomic mass is 10.1. The largest absolute Gasteiger partial charge is 0.480 e. The van der Waals surface area contributed by atoms with Crippen LogP contribution in [0.4, 0.5) is 0 Å². The summed E-state index contributed by atoms with van der Waals surface area (Å²) in [4.78, 5) is 15.6. The third-order valence-electron chi connectivity index (χ3n) is 2.58. The minimum atomic E-state index is -0.896. The van der Waals surface area contributed by atoms with Gasteiger partial charge in [0.15, 0.2) is 0 Å². The Labute approximate surface area is 115 Å². The molecule has 6 heteroatoms. The number of aromatic amines is 1. The Bertz CT molecular complexity index is 554. The zero-order chi connectivity index (χ0) is 13.8. The Kier molecular flexibility index (Phi) is 4.21. The highest BCUT2D eigenvalue weighted by Gasteiger charge is 2.23. The van der Waals surface area contributed by atoms with E-state index in [-0.39, 0.29) is 5.92 Å². The summed E-state index contributed by atoms with van der Waals surface area (Å²) in [5.41, 5.74) is 0.732. The van der Waals surface area contributed by atoms with Gasteiger partial charge < -0.3 is 5.11 Å². The van der Waals surface area contributed by atoms with E-state index in [1.54, 1.807) is 12.1 Å². The van der Waals surface area contributed by atoms with Crippen molar-refractivity contribution in [3.63, 3.8) is 0 Å². The molecule has 0 aliphatic heterocycles. The normalized spacial score (nSPS) is 12.6. The molecule has 0 spiro atoms. The topological polar surface area (TPSA) is 78.9 Å². The Morgan fingerprint density at radius 3 is 2.53 bits per heavy atom. The van der Waals surface area contributed by atoms with E-state index < -0.39 is 11.2 Å². The van der Waals surface area contributed by atoms with Crippen molar-refractivity contribution in [3.05, 3.63) is 41.7 Å². The number of aliphatic carboxylic acids is 1. The molecule has 1 atom stereocenters. The Hall–Kier alpha value is -1.82. The molecule has 2 rings (SSSR count). The number of carboxylic acids is 1. The fourth-order valence-electron chi connectivity index (χ4n) is 1.56. The molecule has 0 bridgehead atoms. The van der Waals surface area contributed by atoms with Crippen LogP contribution in [0.15, 0.2) is 35.5 Å². The van der Waals surface area contributed by atoms with Crippen LogP contribution < -0.4 is 0 Å². The van der Waals surface area contributed by atoms with Crippen LogP contribution in [-0.4, -0.2) is 26.3 Å². The number of carboxylic acid groups (broad SMARTS) is 1. The van der Waals surface area contributed by atoms with Gasteiger partial charge in [-0.25, -0.2) is 4.98 Å². The highest BCUT2D eigenvalue weighted by atomic mass is 32.2. The molecule has 1 unspecified atom stereocenters. The number of H-pyrrole nitrogens is 1. The SMILES string of the molecule is CC(C)c1nc(SC(C(=O)O)c2ccccc2)n[nH]1. The Balaban J connectivity index is 2.19. The Morgan fingerprint density at radius 1 is 1.32 bits per heavy atom. The van der Waals surface area contributed by atoms with E-state index in [4.69, 9.17) is 0 Å². The van der Waals surface area contributed by atoms with E-state index in [1.165, 1.54) is 0 Å². The highest BCUT2D eigenvalue weighted by molar-refractivity contribution is 8.00. The minimum absolute atomic E-state index is 0.238. The second kappa shape index (κ2) is 5.88. The number of aromatic nitrogens is 3. The van der Waals surface area contributed by atoms with Gasteiger partial charge in [-0.2, -0.15) is 0 Å². The van der Waals surface area contributed by atoms with Crippen molar-refractivity contribution in [3.8, 4) is 0 Å². The first-order chi connectivity index (χ1) is 9.08. The van der Waals surface area contributed by atoms with Crippen LogP contribution in [0.2, 0.25) is 0 Å². The van der Waals surface area contributed by atoms with Crippen LogP contribution in [-0.2, 0) is 4.79 Å². The quantitative estimate of drug-likeness (QED) is 0.822. The van der Waals surface area contributed by atoms with Crippen LogP contribution in [0.1, 0.15) is 36.4 Å². The number of benzene rings is 1. The summed E-state index contributed by atoms with van der Waals surface area (Å²) >= 11 is 1.14. The molecule has 0 amide bonds. The molecular formula is C13H15N3O2S. The molecule has 2 aromatic rings. The molecule has 0 saturated heterocycles. The van der Waals surface area contributed by atoms with Crippen molar-refractivity contribution in [1.29, 1.82) is 0 Å². The van der Waals surface area contributed by atoms with Crippen molar-refractivity contribution in [2.75, 3.05) is 0 Å². The smallest absolute Gasteiger partial charge is 0.321 e. The van der Waals surface area contributed by atoms with Crippen LogP contribution in [0.5, 0.6) is 0 Å². The summed E-state index contributed by atoms with van der Waals surface area (Å²) in [5.74, 6) is 0.105. The van der Waals surface area contributed by atoms with Crippen molar-refractivity contribution in [1.82, 2.24) is 15.2 Å². The molecule has 100 valence electrons.